The van der Waals surface area contributed by atoms with Crippen molar-refractivity contribution in [1.29, 1.82) is 0 Å². The number of fused-ring (bicyclic) bond motifs is 6. The van der Waals surface area contributed by atoms with Gasteiger partial charge in [-0.3, -0.25) is 0 Å². The molecule has 4 aliphatic rings. The van der Waals surface area contributed by atoms with E-state index in [-0.39, 0.29) is 24.8 Å². The van der Waals surface area contributed by atoms with Gasteiger partial charge in [-0.1, -0.05) is 99.1 Å². The van der Waals surface area contributed by atoms with Crippen LogP contribution >= 0.6 is 0 Å². The van der Waals surface area contributed by atoms with Gasteiger partial charge in [0.05, 0.1) is 0 Å². The van der Waals surface area contributed by atoms with Crippen molar-refractivity contribution in [1.82, 2.24) is 0 Å². The maximum atomic E-state index is 2.57. The smallest absolute Gasteiger partial charge is 0.0583 e. The minimum atomic E-state index is 0. The number of hydrogen-bond acceptors (Lipinski definition) is 0. The van der Waals surface area contributed by atoms with Gasteiger partial charge in [-0.25, -0.2) is 24.1 Å². The van der Waals surface area contributed by atoms with Crippen molar-refractivity contribution >= 4 is 9.28 Å². The van der Waals surface area contributed by atoms with Gasteiger partial charge in [-0.05, 0) is 36.7 Å². The summed E-state index contributed by atoms with van der Waals surface area (Å²) in [4.78, 5) is 0. The molecular weight excluding hydrogens is 558 g/mol. The van der Waals surface area contributed by atoms with Crippen LogP contribution < -0.4 is 24.8 Å². The monoisotopic (exact) mass is 596 g/mol. The summed E-state index contributed by atoms with van der Waals surface area (Å²) in [6, 6.07) is 15.6. The first-order chi connectivity index (χ1) is 16.4. The number of benzene rings is 1. The molecule has 3 heteroatoms. The molecule has 0 heterocycles. The van der Waals surface area contributed by atoms with Crippen LogP contribution in [0, 0.1) is 25.2 Å². The van der Waals surface area contributed by atoms with Gasteiger partial charge in [-0.2, -0.15) is 17.2 Å². The summed E-state index contributed by atoms with van der Waals surface area (Å²) < 4.78 is 2.09. The van der Waals surface area contributed by atoms with Crippen molar-refractivity contribution in [2.45, 2.75) is 78.6 Å². The Labute approximate surface area is 247 Å². The topological polar surface area (TPSA) is 0 Å². The van der Waals surface area contributed by atoms with Crippen molar-refractivity contribution in [2.24, 2.45) is 11.8 Å². The average molecular weight is 599 g/mol. The van der Waals surface area contributed by atoms with E-state index in [9.17, 15) is 0 Å². The van der Waals surface area contributed by atoms with E-state index in [4.69, 9.17) is 0 Å². The van der Waals surface area contributed by atoms with Gasteiger partial charge >= 0.3 is 34.9 Å². The maximum Gasteiger partial charge on any atom is -0.0583 e. The Kier molecular flexibility index (Phi) is 11.9. The predicted molar refractivity (Wildman–Crippen MR) is 145 cm³/mol. The minimum Gasteiger partial charge on any atom is -1.00 e. The summed E-state index contributed by atoms with van der Waals surface area (Å²) >= 11 is 1.51. The molecule has 6 rings (SSSR count). The van der Waals surface area contributed by atoms with Crippen LogP contribution in [0.4, 0.5) is 0 Å². The first kappa shape index (κ1) is 31.2. The molecule has 2 unspecified atom stereocenters. The summed E-state index contributed by atoms with van der Waals surface area (Å²) in [6.45, 7) is 10.9. The Balaban J connectivity index is 0.000000260. The summed E-state index contributed by atoms with van der Waals surface area (Å²) in [5, 5.41) is 0. The van der Waals surface area contributed by atoms with Crippen molar-refractivity contribution in [3.63, 3.8) is 0 Å². The van der Waals surface area contributed by atoms with Crippen molar-refractivity contribution in [3.8, 4) is 0 Å². The van der Waals surface area contributed by atoms with Gasteiger partial charge < -0.3 is 24.8 Å². The molecule has 0 amide bonds. The second-order valence-corrected chi connectivity index (χ2v) is 12.5. The van der Waals surface area contributed by atoms with Gasteiger partial charge in [0.25, 0.3) is 0 Å². The van der Waals surface area contributed by atoms with Gasteiger partial charge in [-0.15, -0.1) is 12.0 Å². The van der Waals surface area contributed by atoms with Crippen LogP contribution in [0.5, 0.6) is 0 Å². The van der Waals surface area contributed by atoms with Crippen molar-refractivity contribution < 1.29 is 49.0 Å². The summed E-state index contributed by atoms with van der Waals surface area (Å²) in [6.07, 6.45) is 15.3. The van der Waals surface area contributed by atoms with Crippen LogP contribution in [0.3, 0.4) is 0 Å². The number of aryl methyl sites for hydroxylation is 1. The largest absolute Gasteiger partial charge is 1.00 e. The van der Waals surface area contributed by atoms with Crippen LogP contribution in [-0.2, 0) is 36.1 Å². The number of allylic oxidation sites excluding steroid dienone is 6. The molecule has 4 aliphatic carbocycles. The molecule has 0 spiro atoms. The van der Waals surface area contributed by atoms with Gasteiger partial charge in [0.15, 0.2) is 0 Å². The van der Waals surface area contributed by atoms with Crippen LogP contribution in [0.15, 0.2) is 71.3 Å². The third-order valence-electron chi connectivity index (χ3n) is 7.74. The molecule has 0 N–H and O–H groups in total. The molecule has 0 bridgehead atoms. The Bertz CT molecular complexity index is 1120. The van der Waals surface area contributed by atoms with E-state index in [2.05, 4.69) is 92.4 Å². The second kappa shape index (κ2) is 13.7. The molecule has 0 radical (unpaired) electrons. The van der Waals surface area contributed by atoms with E-state index in [1.807, 2.05) is 6.92 Å². The van der Waals surface area contributed by atoms with Crippen molar-refractivity contribution in [2.75, 3.05) is 0 Å². The molecule has 0 nitrogen and oxygen atoms in total. The number of rotatable bonds is 0. The molecule has 2 atom stereocenters. The average Bonchev–Trinajstić information content (AvgIpc) is 3.44. The SMILES string of the molecule is C1=CC2=C3C(=C4[CH-]CCCC4C2CC1)Cc1ccccc13.C[CH]=[Zr+2].Cc1ccc[c-]1C(C)(C)C.[Cl-].[Cl-]. The normalized spacial score (nSPS) is 21.0. The Morgan fingerprint density at radius 3 is 2.39 bits per heavy atom. The summed E-state index contributed by atoms with van der Waals surface area (Å²) in [7, 11) is 0. The molecule has 0 aromatic heterocycles. The van der Waals surface area contributed by atoms with Crippen molar-refractivity contribution in [3.05, 3.63) is 100 Å². The van der Waals surface area contributed by atoms with Crippen LogP contribution in [0.2, 0.25) is 0 Å². The molecule has 0 saturated heterocycles. The van der Waals surface area contributed by atoms with Crippen LogP contribution in [-0.4, -0.2) is 3.71 Å². The van der Waals surface area contributed by atoms with Gasteiger partial charge in [0.1, 0.15) is 0 Å². The fourth-order valence-corrected chi connectivity index (χ4v) is 6.41. The third kappa shape index (κ3) is 6.52. The zero-order valence-corrected chi connectivity index (χ0v) is 26.5. The Morgan fingerprint density at radius 2 is 1.75 bits per heavy atom. The molecule has 1 fully saturated rings. The summed E-state index contributed by atoms with van der Waals surface area (Å²) in [5.41, 5.74) is 12.9. The molecular formula is C33H40Cl2Zr-2. The Hall–Kier alpha value is -1.01. The first-order valence-electron chi connectivity index (χ1n) is 13.1. The summed E-state index contributed by atoms with van der Waals surface area (Å²) in [5.74, 6) is 1.60. The van der Waals surface area contributed by atoms with Crippen LogP contribution in [0.25, 0.3) is 5.57 Å². The van der Waals surface area contributed by atoms with Gasteiger partial charge in [0, 0.05) is 0 Å². The molecule has 36 heavy (non-hydrogen) atoms. The zero-order chi connectivity index (χ0) is 24.3. The zero-order valence-electron chi connectivity index (χ0n) is 22.5. The van der Waals surface area contributed by atoms with E-state index in [0.29, 0.717) is 5.41 Å². The molecule has 1 saturated carbocycles. The maximum absolute atomic E-state index is 2.57. The third-order valence-corrected chi connectivity index (χ3v) is 7.74. The minimum absolute atomic E-state index is 0. The molecule has 2 aromatic carbocycles. The van der Waals surface area contributed by atoms with Crippen LogP contribution in [0.1, 0.15) is 82.1 Å². The molecule has 2 aromatic rings. The standard InChI is InChI=1S/C21H21.C10H15.C2H4.2ClH.Zr/c1-2-8-15-14(7-1)13-20-18-11-4-3-9-16(18)17-10-5-6-12-19(17)21(15)20;1-8-6-5-7-9(8)10(2,3)4;1-2;;;/h1-2,6-8,11-12,16-17H,3-5,9-10,13H2;5-7H,1-4H3;1H,2H3;2*1H;/q2*-1;;;;+2/p-2. The van der Waals surface area contributed by atoms with E-state index < -0.39 is 0 Å². The second-order valence-electron chi connectivity index (χ2n) is 11.1. The molecule has 0 aliphatic heterocycles. The van der Waals surface area contributed by atoms with Gasteiger partial charge in [0.2, 0.25) is 0 Å². The Morgan fingerprint density at radius 1 is 1.03 bits per heavy atom. The quantitative estimate of drug-likeness (QED) is 0.410. The van der Waals surface area contributed by atoms with E-state index >= 15 is 0 Å². The van der Waals surface area contributed by atoms with E-state index in [1.54, 1.807) is 27.9 Å². The fourth-order valence-electron chi connectivity index (χ4n) is 6.41. The fraction of sp³-hybridized carbons (Fsp3) is 0.424. The number of halogens is 2. The predicted octanol–water partition coefficient (Wildman–Crippen LogP) is 2.65. The number of hydrogen-bond donors (Lipinski definition) is 0. The molecule has 192 valence electrons. The van der Waals surface area contributed by atoms with E-state index in [1.165, 1.54) is 73.0 Å². The van der Waals surface area contributed by atoms with E-state index in [0.717, 1.165) is 18.3 Å². The first-order valence-corrected chi connectivity index (χ1v) is 14.5.